The largest absolute Gasteiger partial charge is 0.394 e. The number of nitrogens with zero attached hydrogens (tertiary/aromatic N) is 2. The van der Waals surface area contributed by atoms with Crippen molar-refractivity contribution in [3.05, 3.63) is 42.0 Å². The quantitative estimate of drug-likeness (QED) is 0.905. The Morgan fingerprint density at radius 3 is 2.71 bits per heavy atom. The van der Waals surface area contributed by atoms with Crippen LogP contribution in [-0.2, 0) is 4.79 Å². The maximum atomic E-state index is 12.4. The van der Waals surface area contributed by atoms with Gasteiger partial charge in [-0.2, -0.15) is 0 Å². The average Bonchev–Trinajstić information content (AvgIpc) is 3.07. The van der Waals surface area contributed by atoms with Crippen LogP contribution in [0.15, 0.2) is 30.8 Å². The van der Waals surface area contributed by atoms with Crippen molar-refractivity contribution in [1.82, 2.24) is 9.80 Å². The molecule has 0 radical (unpaired) electrons. The lowest BCUT2D eigenvalue weighted by Crippen LogP contribution is -2.43. The van der Waals surface area contributed by atoms with E-state index in [1.807, 2.05) is 12.1 Å². The Balaban J connectivity index is 1.76. The Bertz CT molecular complexity index is 576. The summed E-state index contributed by atoms with van der Waals surface area (Å²) in [6, 6.07) is 7.13. The third kappa shape index (κ3) is 2.23. The molecule has 0 saturated carbocycles. The lowest BCUT2D eigenvalue weighted by Gasteiger charge is -2.26. The van der Waals surface area contributed by atoms with E-state index in [-0.39, 0.29) is 31.0 Å². The number of fused-ring (bicyclic) bond motifs is 1. The van der Waals surface area contributed by atoms with Gasteiger partial charge in [0.25, 0.3) is 5.91 Å². The van der Waals surface area contributed by atoms with Gasteiger partial charge in [0.05, 0.1) is 12.6 Å². The number of likely N-dealkylation sites (tertiary alicyclic amines) is 1. The van der Waals surface area contributed by atoms with Crippen molar-refractivity contribution in [2.24, 2.45) is 0 Å². The molecule has 2 aliphatic heterocycles. The summed E-state index contributed by atoms with van der Waals surface area (Å²) in [7, 11) is 0. The predicted molar refractivity (Wildman–Crippen MR) is 78.3 cm³/mol. The summed E-state index contributed by atoms with van der Waals surface area (Å²) >= 11 is 0. The molecule has 1 fully saturated rings. The van der Waals surface area contributed by atoms with Gasteiger partial charge in [0.15, 0.2) is 0 Å². The molecular formula is C16H18N2O3. The molecule has 0 aliphatic carbocycles. The fraction of sp³-hybridized carbons (Fsp3) is 0.375. The Morgan fingerprint density at radius 2 is 2.05 bits per heavy atom. The van der Waals surface area contributed by atoms with E-state index in [9.17, 15) is 14.7 Å². The minimum atomic E-state index is -0.177. The number of carbonyl (C=O) groups excluding carboxylic acids is 2. The summed E-state index contributed by atoms with van der Waals surface area (Å²) in [5.41, 5.74) is 1.95. The number of benzene rings is 1. The van der Waals surface area contributed by atoms with Crippen molar-refractivity contribution in [3.63, 3.8) is 0 Å². The van der Waals surface area contributed by atoms with Gasteiger partial charge in [-0.3, -0.25) is 14.5 Å². The fourth-order valence-electron chi connectivity index (χ4n) is 3.08. The minimum absolute atomic E-state index is 0.0111. The van der Waals surface area contributed by atoms with Crippen molar-refractivity contribution in [1.29, 1.82) is 0 Å². The zero-order chi connectivity index (χ0) is 15.0. The number of hydrogen-bond donors (Lipinski definition) is 1. The molecule has 1 saturated heterocycles. The molecule has 21 heavy (non-hydrogen) atoms. The highest BCUT2D eigenvalue weighted by Gasteiger charge is 2.35. The maximum Gasteiger partial charge on any atom is 0.259 e. The first-order valence-electron chi connectivity index (χ1n) is 7.14. The number of amides is 2. The van der Waals surface area contributed by atoms with E-state index >= 15 is 0 Å². The monoisotopic (exact) mass is 286 g/mol. The molecular weight excluding hydrogens is 268 g/mol. The molecule has 110 valence electrons. The number of aliphatic hydroxyl groups is 1. The van der Waals surface area contributed by atoms with E-state index in [1.165, 1.54) is 4.90 Å². The van der Waals surface area contributed by atoms with Crippen molar-refractivity contribution in [3.8, 4) is 0 Å². The van der Waals surface area contributed by atoms with E-state index in [0.29, 0.717) is 17.8 Å². The number of hydrogen-bond acceptors (Lipinski definition) is 3. The minimum Gasteiger partial charge on any atom is -0.394 e. The third-order valence-corrected chi connectivity index (χ3v) is 4.24. The fourth-order valence-corrected chi connectivity index (χ4v) is 3.08. The molecule has 0 aromatic heterocycles. The van der Waals surface area contributed by atoms with Gasteiger partial charge >= 0.3 is 0 Å². The number of rotatable bonds is 3. The van der Waals surface area contributed by atoms with Crippen LogP contribution in [0.3, 0.4) is 0 Å². The van der Waals surface area contributed by atoms with Gasteiger partial charge in [-0.25, -0.2) is 0 Å². The van der Waals surface area contributed by atoms with Gasteiger partial charge in [-0.1, -0.05) is 24.8 Å². The summed E-state index contributed by atoms with van der Waals surface area (Å²) in [6.07, 6.45) is 1.71. The van der Waals surface area contributed by atoms with Gasteiger partial charge in [0.2, 0.25) is 5.91 Å². The van der Waals surface area contributed by atoms with Crippen LogP contribution in [0.4, 0.5) is 0 Å². The SMILES string of the molecule is C=C1c2ccccc2C(=O)N1CC(=O)N1CCC[C@H]1CO. The lowest BCUT2D eigenvalue weighted by molar-refractivity contribution is -0.132. The third-order valence-electron chi connectivity index (χ3n) is 4.24. The average molecular weight is 286 g/mol. The topological polar surface area (TPSA) is 60.9 Å². The molecule has 0 bridgehead atoms. The molecule has 1 N–H and O–H groups in total. The second kappa shape index (κ2) is 5.33. The van der Waals surface area contributed by atoms with E-state index in [0.717, 1.165) is 18.4 Å². The molecule has 5 heteroatoms. The van der Waals surface area contributed by atoms with Crippen LogP contribution in [-0.4, -0.2) is 52.5 Å². The number of aliphatic hydroxyl groups excluding tert-OH is 1. The zero-order valence-corrected chi connectivity index (χ0v) is 11.8. The Morgan fingerprint density at radius 1 is 1.33 bits per heavy atom. The van der Waals surface area contributed by atoms with Gasteiger partial charge in [0.1, 0.15) is 6.54 Å². The smallest absolute Gasteiger partial charge is 0.259 e. The molecule has 0 unspecified atom stereocenters. The molecule has 1 aromatic rings. The van der Waals surface area contributed by atoms with Gasteiger partial charge in [0, 0.05) is 23.4 Å². The molecule has 2 heterocycles. The highest BCUT2D eigenvalue weighted by molar-refractivity contribution is 6.10. The molecule has 2 aliphatic rings. The second-order valence-corrected chi connectivity index (χ2v) is 5.45. The van der Waals surface area contributed by atoms with Crippen LogP contribution in [0.5, 0.6) is 0 Å². The Hall–Kier alpha value is -2.14. The Kier molecular flexibility index (Phi) is 3.51. The number of carbonyl (C=O) groups is 2. The van der Waals surface area contributed by atoms with E-state index in [1.54, 1.807) is 17.0 Å². The van der Waals surface area contributed by atoms with Crippen LogP contribution < -0.4 is 0 Å². The first-order valence-corrected chi connectivity index (χ1v) is 7.14. The van der Waals surface area contributed by atoms with Gasteiger partial charge in [-0.15, -0.1) is 0 Å². The predicted octanol–water partition coefficient (Wildman–Crippen LogP) is 1.10. The first kappa shape index (κ1) is 13.8. The normalized spacial score (nSPS) is 21.1. The van der Waals surface area contributed by atoms with Crippen LogP contribution in [0, 0.1) is 0 Å². The molecule has 2 amide bonds. The summed E-state index contributed by atoms with van der Waals surface area (Å²) in [5.74, 6) is -0.308. The van der Waals surface area contributed by atoms with E-state index < -0.39 is 0 Å². The summed E-state index contributed by atoms with van der Waals surface area (Å²) < 4.78 is 0. The summed E-state index contributed by atoms with van der Waals surface area (Å²) in [5, 5.41) is 9.30. The van der Waals surface area contributed by atoms with Crippen molar-refractivity contribution >= 4 is 17.5 Å². The summed E-state index contributed by atoms with van der Waals surface area (Å²) in [6.45, 7) is 4.54. The zero-order valence-electron chi connectivity index (χ0n) is 11.8. The van der Waals surface area contributed by atoms with Crippen LogP contribution in [0.25, 0.3) is 5.70 Å². The molecule has 5 nitrogen and oxygen atoms in total. The van der Waals surface area contributed by atoms with Gasteiger partial charge in [-0.05, 0) is 18.9 Å². The molecule has 3 rings (SSSR count). The summed E-state index contributed by atoms with van der Waals surface area (Å²) in [4.78, 5) is 27.8. The lowest BCUT2D eigenvalue weighted by atomic mass is 10.1. The van der Waals surface area contributed by atoms with E-state index in [2.05, 4.69) is 6.58 Å². The Labute approximate surface area is 123 Å². The highest BCUT2D eigenvalue weighted by atomic mass is 16.3. The van der Waals surface area contributed by atoms with Crippen molar-refractivity contribution in [2.45, 2.75) is 18.9 Å². The van der Waals surface area contributed by atoms with Gasteiger partial charge < -0.3 is 10.0 Å². The maximum absolute atomic E-state index is 12.4. The van der Waals surface area contributed by atoms with Crippen LogP contribution in [0.2, 0.25) is 0 Å². The van der Waals surface area contributed by atoms with Crippen LogP contribution in [0.1, 0.15) is 28.8 Å². The van der Waals surface area contributed by atoms with Crippen molar-refractivity contribution in [2.75, 3.05) is 19.7 Å². The van der Waals surface area contributed by atoms with E-state index in [4.69, 9.17) is 0 Å². The standard InChI is InChI=1S/C16H18N2O3/c1-11-13-6-2-3-7-14(13)16(21)18(11)9-15(20)17-8-4-5-12(17)10-19/h2-3,6-7,12,19H,1,4-5,8-10H2/t12-/m0/s1. The van der Waals surface area contributed by atoms with Crippen LogP contribution >= 0.6 is 0 Å². The molecule has 0 spiro atoms. The molecule has 1 atom stereocenters. The van der Waals surface area contributed by atoms with Crippen molar-refractivity contribution < 1.29 is 14.7 Å². The highest BCUT2D eigenvalue weighted by Crippen LogP contribution is 2.31. The molecule has 1 aromatic carbocycles. The first-order chi connectivity index (χ1) is 10.1. The second-order valence-electron chi connectivity index (χ2n) is 5.45.